The van der Waals surface area contributed by atoms with Crippen molar-refractivity contribution >= 4 is 15.9 Å². The molecule has 0 saturated heterocycles. The number of nitrogens with zero attached hydrogens (tertiary/aromatic N) is 2. The number of rotatable bonds is 8. The molecule has 0 aliphatic heterocycles. The minimum absolute atomic E-state index is 0.679. The molecule has 114 valence electrons. The van der Waals surface area contributed by atoms with E-state index in [9.17, 15) is 0 Å². The Balaban J connectivity index is 2.09. The number of hydrogen-bond donors (Lipinski definition) is 1. The number of aryl methyl sites for hydroxylation is 2. The van der Waals surface area contributed by atoms with Crippen molar-refractivity contribution in [2.75, 3.05) is 6.54 Å². The molecule has 1 N–H and O–H groups in total. The molecule has 1 atom stereocenters. The zero-order chi connectivity index (χ0) is 14.7. The maximum Gasteiger partial charge on any atom is 0.0766 e. The van der Waals surface area contributed by atoms with Crippen LogP contribution in [0, 0.1) is 11.8 Å². The van der Waals surface area contributed by atoms with Gasteiger partial charge in [-0.25, -0.2) is 0 Å². The zero-order valence-corrected chi connectivity index (χ0v) is 14.8. The van der Waals surface area contributed by atoms with Crippen LogP contribution in [-0.4, -0.2) is 22.4 Å². The van der Waals surface area contributed by atoms with Gasteiger partial charge in [-0.05, 0) is 66.9 Å². The Bertz CT molecular complexity index is 435. The molecular weight excluding hydrogens is 314 g/mol. The molecule has 0 aromatic carbocycles. The van der Waals surface area contributed by atoms with Crippen molar-refractivity contribution in [1.82, 2.24) is 15.1 Å². The van der Waals surface area contributed by atoms with Crippen molar-refractivity contribution in [3.8, 4) is 0 Å². The first-order valence-corrected chi connectivity index (χ1v) is 8.83. The van der Waals surface area contributed by atoms with Gasteiger partial charge in [-0.2, -0.15) is 5.10 Å². The van der Waals surface area contributed by atoms with Gasteiger partial charge < -0.3 is 5.32 Å². The molecule has 2 rings (SSSR count). The second kappa shape index (κ2) is 7.08. The third-order valence-electron chi connectivity index (χ3n) is 4.34. The molecule has 3 nitrogen and oxygen atoms in total. The molecule has 1 aliphatic carbocycles. The predicted molar refractivity (Wildman–Crippen MR) is 88.0 cm³/mol. The topological polar surface area (TPSA) is 29.9 Å². The molecule has 0 radical (unpaired) electrons. The SMILES string of the molecule is CCc1nn(CC)c(CC(CNC2CC2)C(C)C)c1Br. The summed E-state index contributed by atoms with van der Waals surface area (Å²) < 4.78 is 3.41. The van der Waals surface area contributed by atoms with Crippen LogP contribution >= 0.6 is 15.9 Å². The summed E-state index contributed by atoms with van der Waals surface area (Å²) in [7, 11) is 0. The lowest BCUT2D eigenvalue weighted by Crippen LogP contribution is -2.30. The predicted octanol–water partition coefficient (Wildman–Crippen LogP) is 3.79. The average molecular weight is 342 g/mol. The van der Waals surface area contributed by atoms with Gasteiger partial charge in [0.25, 0.3) is 0 Å². The van der Waals surface area contributed by atoms with E-state index in [-0.39, 0.29) is 0 Å². The fourth-order valence-corrected chi connectivity index (χ4v) is 3.34. The molecule has 1 aromatic heterocycles. The Hall–Kier alpha value is -0.350. The van der Waals surface area contributed by atoms with Gasteiger partial charge in [0.1, 0.15) is 0 Å². The molecule has 0 amide bonds. The van der Waals surface area contributed by atoms with Crippen molar-refractivity contribution < 1.29 is 0 Å². The smallest absolute Gasteiger partial charge is 0.0766 e. The largest absolute Gasteiger partial charge is 0.314 e. The third-order valence-corrected chi connectivity index (χ3v) is 5.25. The van der Waals surface area contributed by atoms with Gasteiger partial charge >= 0.3 is 0 Å². The van der Waals surface area contributed by atoms with E-state index in [0.717, 1.165) is 32.0 Å². The van der Waals surface area contributed by atoms with Crippen LogP contribution in [0.4, 0.5) is 0 Å². The molecule has 4 heteroatoms. The third kappa shape index (κ3) is 3.85. The molecular formula is C16H28BrN3. The van der Waals surface area contributed by atoms with E-state index in [1.54, 1.807) is 0 Å². The van der Waals surface area contributed by atoms with Gasteiger partial charge in [-0.3, -0.25) is 4.68 Å². The first kappa shape index (κ1) is 16.0. The highest BCUT2D eigenvalue weighted by Crippen LogP contribution is 2.27. The molecule has 1 aromatic rings. The van der Waals surface area contributed by atoms with Crippen LogP contribution in [0.5, 0.6) is 0 Å². The summed E-state index contributed by atoms with van der Waals surface area (Å²) >= 11 is 3.77. The summed E-state index contributed by atoms with van der Waals surface area (Å²) in [5, 5.41) is 8.41. The molecule has 1 saturated carbocycles. The lowest BCUT2D eigenvalue weighted by atomic mass is 9.91. The van der Waals surface area contributed by atoms with E-state index in [1.807, 2.05) is 0 Å². The highest BCUT2D eigenvalue weighted by molar-refractivity contribution is 9.10. The second-order valence-corrected chi connectivity index (χ2v) is 7.06. The van der Waals surface area contributed by atoms with E-state index in [1.165, 1.54) is 28.7 Å². The van der Waals surface area contributed by atoms with E-state index in [4.69, 9.17) is 5.10 Å². The summed E-state index contributed by atoms with van der Waals surface area (Å²) in [6, 6.07) is 0.793. The van der Waals surface area contributed by atoms with Gasteiger partial charge in [-0.1, -0.05) is 20.8 Å². The zero-order valence-electron chi connectivity index (χ0n) is 13.2. The highest BCUT2D eigenvalue weighted by Gasteiger charge is 2.25. The van der Waals surface area contributed by atoms with Gasteiger partial charge in [0.15, 0.2) is 0 Å². The number of aromatic nitrogens is 2. The van der Waals surface area contributed by atoms with Gasteiger partial charge in [0.05, 0.1) is 15.9 Å². The van der Waals surface area contributed by atoms with Crippen LogP contribution in [0.3, 0.4) is 0 Å². The highest BCUT2D eigenvalue weighted by atomic mass is 79.9. The molecule has 1 unspecified atom stereocenters. The average Bonchev–Trinajstić information content (AvgIpc) is 3.19. The monoisotopic (exact) mass is 341 g/mol. The van der Waals surface area contributed by atoms with Crippen LogP contribution in [0.15, 0.2) is 4.47 Å². The van der Waals surface area contributed by atoms with E-state index >= 15 is 0 Å². The Morgan fingerprint density at radius 2 is 2.05 bits per heavy atom. The number of hydrogen-bond acceptors (Lipinski definition) is 2. The molecule has 1 fully saturated rings. The van der Waals surface area contributed by atoms with E-state index in [2.05, 4.69) is 53.6 Å². The molecule has 0 spiro atoms. The van der Waals surface area contributed by atoms with Crippen molar-refractivity contribution in [3.63, 3.8) is 0 Å². The lowest BCUT2D eigenvalue weighted by Gasteiger charge is -2.22. The summed E-state index contributed by atoms with van der Waals surface area (Å²) in [5.41, 5.74) is 2.57. The molecule has 1 aliphatic rings. The summed E-state index contributed by atoms with van der Waals surface area (Å²) in [6.45, 7) is 11.1. The molecule has 20 heavy (non-hydrogen) atoms. The van der Waals surface area contributed by atoms with E-state index in [0.29, 0.717) is 11.8 Å². The molecule has 1 heterocycles. The van der Waals surface area contributed by atoms with Crippen molar-refractivity contribution in [3.05, 3.63) is 15.9 Å². The van der Waals surface area contributed by atoms with Crippen molar-refractivity contribution in [1.29, 1.82) is 0 Å². The minimum atomic E-state index is 0.679. The summed E-state index contributed by atoms with van der Waals surface area (Å²) in [6.07, 6.45) is 4.83. The summed E-state index contributed by atoms with van der Waals surface area (Å²) in [5.74, 6) is 1.37. The first-order valence-electron chi connectivity index (χ1n) is 8.04. The number of halogens is 1. The Morgan fingerprint density at radius 1 is 1.35 bits per heavy atom. The summed E-state index contributed by atoms with van der Waals surface area (Å²) in [4.78, 5) is 0. The van der Waals surface area contributed by atoms with Crippen molar-refractivity contribution in [2.24, 2.45) is 11.8 Å². The second-order valence-electron chi connectivity index (χ2n) is 6.27. The van der Waals surface area contributed by atoms with Gasteiger partial charge in [-0.15, -0.1) is 0 Å². The van der Waals surface area contributed by atoms with Gasteiger partial charge in [0, 0.05) is 12.6 Å². The van der Waals surface area contributed by atoms with Crippen LogP contribution in [0.25, 0.3) is 0 Å². The maximum absolute atomic E-state index is 4.72. The Kier molecular flexibility index (Phi) is 5.67. The first-order chi connectivity index (χ1) is 9.56. The number of nitrogens with one attached hydrogen (secondary N) is 1. The quantitative estimate of drug-likeness (QED) is 0.779. The normalized spacial score (nSPS) is 16.9. The Labute approximate surface area is 131 Å². The van der Waals surface area contributed by atoms with Crippen molar-refractivity contribution in [2.45, 2.75) is 66.0 Å². The van der Waals surface area contributed by atoms with Crippen LogP contribution in [-0.2, 0) is 19.4 Å². The lowest BCUT2D eigenvalue weighted by molar-refractivity contribution is 0.350. The van der Waals surface area contributed by atoms with Gasteiger partial charge in [0.2, 0.25) is 0 Å². The van der Waals surface area contributed by atoms with Crippen LogP contribution in [0.1, 0.15) is 51.9 Å². The minimum Gasteiger partial charge on any atom is -0.314 e. The standard InChI is InChI=1S/C16H28BrN3/c1-5-14-16(17)15(20(6-2)19-14)9-12(11(3)4)10-18-13-7-8-13/h11-13,18H,5-10H2,1-4H3. The van der Waals surface area contributed by atoms with Crippen LogP contribution < -0.4 is 5.32 Å². The van der Waals surface area contributed by atoms with E-state index < -0.39 is 0 Å². The fraction of sp³-hybridized carbons (Fsp3) is 0.812. The maximum atomic E-state index is 4.72. The fourth-order valence-electron chi connectivity index (χ4n) is 2.61. The Morgan fingerprint density at radius 3 is 2.55 bits per heavy atom. The molecule has 0 bridgehead atoms. The van der Waals surface area contributed by atoms with Crippen LogP contribution in [0.2, 0.25) is 0 Å².